The van der Waals surface area contributed by atoms with Crippen LogP contribution in [0.1, 0.15) is 62.0 Å². The summed E-state index contributed by atoms with van der Waals surface area (Å²) in [6, 6.07) is 20.2. The van der Waals surface area contributed by atoms with Gasteiger partial charge in [0.2, 0.25) is 0 Å². The molecular formula is C35H43Cl3N4O4S. The standard InChI is InChI=1S/C35H42Cl2N4O4S.ClH/c1-6-45-30-23-26(35(2,3)4)11-16-29(30)33-38-31(24-7-12-27(36)13-8-24)32(25-9-14-28(37)15-10-25)41(33)34(42)40-19-17-39(18-20-40)21-22-46(5,43)44;/h7-16,23,31-32H,6,17-22H2,1-5H3;1H/t31-,32+;/m0./s1. The average Bonchev–Trinajstić information content (AvgIpc) is 3.40. The lowest BCUT2D eigenvalue weighted by Gasteiger charge is -2.39. The maximum atomic E-state index is 14.8. The Hall–Kier alpha value is -2.82. The van der Waals surface area contributed by atoms with E-state index in [9.17, 15) is 13.2 Å². The molecule has 0 aromatic heterocycles. The summed E-state index contributed by atoms with van der Waals surface area (Å²) in [5, 5.41) is 1.22. The van der Waals surface area contributed by atoms with Crippen molar-refractivity contribution in [3.8, 4) is 5.75 Å². The molecule has 0 aliphatic carbocycles. The lowest BCUT2D eigenvalue weighted by molar-refractivity contribution is 0.122. The van der Waals surface area contributed by atoms with Crippen LogP contribution in [-0.2, 0) is 15.3 Å². The molecule has 5 rings (SSSR count). The summed E-state index contributed by atoms with van der Waals surface area (Å²) in [4.78, 5) is 25.8. The van der Waals surface area contributed by atoms with Crippen molar-refractivity contribution in [3.05, 3.63) is 99.0 Å². The number of nitrogens with zero attached hydrogens (tertiary/aromatic N) is 4. The minimum Gasteiger partial charge on any atom is -0.493 e. The molecule has 0 N–H and O–H groups in total. The molecule has 2 aliphatic rings. The highest BCUT2D eigenvalue weighted by molar-refractivity contribution is 7.90. The normalized spacial score (nSPS) is 18.9. The quantitative estimate of drug-likeness (QED) is 0.242. The molecule has 0 unspecified atom stereocenters. The predicted molar refractivity (Wildman–Crippen MR) is 193 cm³/mol. The zero-order valence-corrected chi connectivity index (χ0v) is 30.6. The number of carbonyl (C=O) groups is 1. The summed E-state index contributed by atoms with van der Waals surface area (Å²) in [5.74, 6) is 1.30. The Morgan fingerprint density at radius 3 is 2.02 bits per heavy atom. The van der Waals surface area contributed by atoms with Crippen molar-refractivity contribution < 1.29 is 17.9 Å². The van der Waals surface area contributed by atoms with E-state index in [0.29, 0.717) is 61.0 Å². The van der Waals surface area contributed by atoms with Gasteiger partial charge in [0, 0.05) is 49.0 Å². The fourth-order valence-electron chi connectivity index (χ4n) is 5.91. The molecule has 0 saturated carbocycles. The second kappa shape index (κ2) is 15.2. The average molecular weight is 722 g/mol. The van der Waals surface area contributed by atoms with Crippen LogP contribution in [0.15, 0.2) is 71.7 Å². The van der Waals surface area contributed by atoms with Gasteiger partial charge >= 0.3 is 6.03 Å². The lowest BCUT2D eigenvalue weighted by Crippen LogP contribution is -2.54. The van der Waals surface area contributed by atoms with Gasteiger partial charge in [-0.2, -0.15) is 0 Å². The fourth-order valence-corrected chi connectivity index (χ4v) is 6.75. The molecule has 47 heavy (non-hydrogen) atoms. The van der Waals surface area contributed by atoms with E-state index in [2.05, 4.69) is 37.8 Å². The summed E-state index contributed by atoms with van der Waals surface area (Å²) < 4.78 is 29.7. The van der Waals surface area contributed by atoms with Gasteiger partial charge in [0.05, 0.1) is 24.0 Å². The number of piperazine rings is 1. The van der Waals surface area contributed by atoms with Gasteiger partial charge in [-0.15, -0.1) is 12.4 Å². The lowest BCUT2D eigenvalue weighted by atomic mass is 9.86. The monoisotopic (exact) mass is 720 g/mol. The van der Waals surface area contributed by atoms with Crippen molar-refractivity contribution in [2.45, 2.75) is 45.2 Å². The van der Waals surface area contributed by atoms with Crippen LogP contribution in [0.2, 0.25) is 10.0 Å². The minimum atomic E-state index is -3.08. The molecule has 3 aromatic rings. The van der Waals surface area contributed by atoms with E-state index >= 15 is 0 Å². The van der Waals surface area contributed by atoms with Gasteiger partial charge in [0.25, 0.3) is 0 Å². The Morgan fingerprint density at radius 2 is 1.49 bits per heavy atom. The first-order valence-corrected chi connectivity index (χ1v) is 18.4. The third-order valence-electron chi connectivity index (χ3n) is 8.51. The number of ether oxygens (including phenoxy) is 1. The minimum absolute atomic E-state index is 0. The smallest absolute Gasteiger partial charge is 0.326 e. The summed E-state index contributed by atoms with van der Waals surface area (Å²) >= 11 is 12.6. The maximum Gasteiger partial charge on any atom is 0.326 e. The molecule has 1 saturated heterocycles. The number of halogens is 3. The van der Waals surface area contributed by atoms with Gasteiger partial charge < -0.3 is 9.64 Å². The summed E-state index contributed by atoms with van der Waals surface area (Å²) in [6.07, 6.45) is 1.25. The Bertz CT molecular complexity index is 1690. The second-order valence-corrected chi connectivity index (χ2v) is 16.1. The number of benzene rings is 3. The number of hydrogen-bond acceptors (Lipinski definition) is 6. The van der Waals surface area contributed by atoms with Gasteiger partial charge in [-0.05, 0) is 65.4 Å². The van der Waals surface area contributed by atoms with Crippen LogP contribution < -0.4 is 4.74 Å². The zero-order valence-electron chi connectivity index (χ0n) is 27.4. The van der Waals surface area contributed by atoms with Gasteiger partial charge in [0.15, 0.2) is 0 Å². The van der Waals surface area contributed by atoms with Gasteiger partial charge in [0.1, 0.15) is 27.5 Å². The number of urea groups is 1. The first-order valence-electron chi connectivity index (χ1n) is 15.6. The molecule has 3 aromatic carbocycles. The Balaban J connectivity index is 0.00000500. The van der Waals surface area contributed by atoms with E-state index in [0.717, 1.165) is 22.3 Å². The summed E-state index contributed by atoms with van der Waals surface area (Å²) in [5.41, 5.74) is 3.57. The van der Waals surface area contributed by atoms with Crippen molar-refractivity contribution in [2.75, 3.05) is 51.3 Å². The van der Waals surface area contributed by atoms with E-state index in [1.807, 2.05) is 71.3 Å². The van der Waals surface area contributed by atoms with Gasteiger partial charge in [-0.1, -0.05) is 74.3 Å². The van der Waals surface area contributed by atoms with Crippen LogP contribution in [0, 0.1) is 0 Å². The van der Waals surface area contributed by atoms with Crippen molar-refractivity contribution in [3.63, 3.8) is 0 Å². The van der Waals surface area contributed by atoms with Gasteiger partial charge in [-0.3, -0.25) is 14.8 Å². The van der Waals surface area contributed by atoms with Crippen LogP contribution in [-0.4, -0.2) is 86.3 Å². The van der Waals surface area contributed by atoms with Crippen LogP contribution in [0.3, 0.4) is 0 Å². The second-order valence-electron chi connectivity index (χ2n) is 13.0. The molecule has 0 bridgehead atoms. The van der Waals surface area contributed by atoms with Crippen molar-refractivity contribution in [1.82, 2.24) is 14.7 Å². The van der Waals surface area contributed by atoms with Gasteiger partial charge in [-0.25, -0.2) is 13.2 Å². The topological polar surface area (TPSA) is 82.5 Å². The molecule has 0 radical (unpaired) electrons. The summed E-state index contributed by atoms with van der Waals surface area (Å²) in [6.45, 7) is 11.4. The number of sulfone groups is 1. The van der Waals surface area contributed by atoms with Crippen LogP contribution in [0.4, 0.5) is 4.79 Å². The molecule has 2 heterocycles. The first-order chi connectivity index (χ1) is 21.7. The van der Waals surface area contributed by atoms with Crippen molar-refractivity contribution >= 4 is 57.3 Å². The van der Waals surface area contributed by atoms with Crippen molar-refractivity contribution in [2.24, 2.45) is 4.99 Å². The number of amidine groups is 1. The van der Waals surface area contributed by atoms with E-state index in [-0.39, 0.29) is 29.6 Å². The first kappa shape index (κ1) is 37.0. The van der Waals surface area contributed by atoms with E-state index in [1.165, 1.54) is 6.26 Å². The van der Waals surface area contributed by atoms with E-state index < -0.39 is 21.9 Å². The Morgan fingerprint density at radius 1 is 0.915 bits per heavy atom. The van der Waals surface area contributed by atoms with Crippen molar-refractivity contribution in [1.29, 1.82) is 0 Å². The molecule has 8 nitrogen and oxygen atoms in total. The zero-order chi connectivity index (χ0) is 33.2. The number of aliphatic imine (C=N–C) groups is 1. The number of carbonyl (C=O) groups excluding carboxylic acids is 1. The molecule has 2 atom stereocenters. The molecule has 1 fully saturated rings. The predicted octanol–water partition coefficient (Wildman–Crippen LogP) is 7.44. The molecule has 0 spiro atoms. The summed E-state index contributed by atoms with van der Waals surface area (Å²) in [7, 11) is -3.08. The maximum absolute atomic E-state index is 14.8. The SMILES string of the molecule is CCOc1cc(C(C)(C)C)ccc1C1=N[C@@H](c2ccc(Cl)cc2)[C@@H](c2ccc(Cl)cc2)N1C(=O)N1CCN(CCS(C)(=O)=O)CC1.Cl. The Labute approximate surface area is 295 Å². The van der Waals surface area contributed by atoms with Crippen LogP contribution in [0.25, 0.3) is 0 Å². The van der Waals surface area contributed by atoms with E-state index in [4.69, 9.17) is 32.9 Å². The third-order valence-corrected chi connectivity index (χ3v) is 9.93. The highest BCUT2D eigenvalue weighted by Crippen LogP contribution is 2.46. The molecule has 12 heteroatoms. The van der Waals surface area contributed by atoms with E-state index in [1.54, 1.807) is 0 Å². The van der Waals surface area contributed by atoms with Crippen LogP contribution in [0.5, 0.6) is 5.75 Å². The largest absolute Gasteiger partial charge is 0.493 e. The third kappa shape index (κ3) is 8.81. The molecular weight excluding hydrogens is 679 g/mol. The molecule has 2 aliphatic heterocycles. The fraction of sp³-hybridized carbons (Fsp3) is 0.429. The molecule has 2 amide bonds. The molecule has 254 valence electrons. The number of rotatable bonds is 8. The number of amides is 2. The number of hydrogen-bond donors (Lipinski definition) is 0. The van der Waals surface area contributed by atoms with Crippen LogP contribution >= 0.6 is 35.6 Å². The Kier molecular flexibility index (Phi) is 11.9. The highest BCUT2D eigenvalue weighted by Gasteiger charge is 2.45. The highest BCUT2D eigenvalue weighted by atomic mass is 35.5.